The van der Waals surface area contributed by atoms with Crippen LogP contribution in [0.3, 0.4) is 0 Å². The molecule has 1 fully saturated rings. The van der Waals surface area contributed by atoms with Crippen molar-refractivity contribution < 1.29 is 14.0 Å². The number of nitrogens with one attached hydrogen (secondary N) is 1. The molecule has 0 radical (unpaired) electrons. The zero-order valence-corrected chi connectivity index (χ0v) is 13.1. The van der Waals surface area contributed by atoms with Gasteiger partial charge in [0.25, 0.3) is 5.91 Å². The highest BCUT2D eigenvalue weighted by molar-refractivity contribution is 5.94. The number of carbonyl (C=O) groups is 2. The minimum atomic E-state index is -0.415. The minimum absolute atomic E-state index is 0.0406. The number of carbonyl (C=O) groups excluding carboxylic acids is 2. The maximum atomic E-state index is 13.1. The lowest BCUT2D eigenvalue weighted by molar-refractivity contribution is -0.133. The summed E-state index contributed by atoms with van der Waals surface area (Å²) in [6.45, 7) is 5.40. The Hall–Kier alpha value is -1.91. The number of rotatable bonds is 4. The molecule has 1 saturated heterocycles. The van der Waals surface area contributed by atoms with Crippen molar-refractivity contribution in [3.63, 3.8) is 0 Å². The van der Waals surface area contributed by atoms with Crippen LogP contribution in [0.2, 0.25) is 0 Å². The number of halogens is 1. The number of nitrogens with zero attached hydrogens (tertiary/aromatic N) is 1. The topological polar surface area (TPSA) is 49.4 Å². The first-order valence-corrected chi connectivity index (χ1v) is 7.80. The number of hydrogen-bond donors (Lipinski definition) is 1. The molecule has 1 aliphatic rings. The predicted octanol–water partition coefficient (Wildman–Crippen LogP) is 2.59. The van der Waals surface area contributed by atoms with Gasteiger partial charge in [-0.05, 0) is 37.0 Å². The fourth-order valence-electron chi connectivity index (χ4n) is 2.65. The summed E-state index contributed by atoms with van der Waals surface area (Å²) in [4.78, 5) is 25.9. The van der Waals surface area contributed by atoms with Crippen molar-refractivity contribution in [1.82, 2.24) is 10.2 Å². The molecule has 0 unspecified atom stereocenters. The SMILES string of the molecule is CC(C)CC(=O)N1CCC(NC(=O)c2cccc(F)c2)CC1. The number of likely N-dealkylation sites (tertiary alicyclic amines) is 1. The lowest BCUT2D eigenvalue weighted by Gasteiger charge is -2.32. The fourth-order valence-corrected chi connectivity index (χ4v) is 2.65. The number of piperidine rings is 1. The zero-order chi connectivity index (χ0) is 16.1. The van der Waals surface area contributed by atoms with Gasteiger partial charge in [-0.2, -0.15) is 0 Å². The van der Waals surface area contributed by atoms with Gasteiger partial charge >= 0.3 is 0 Å². The lowest BCUT2D eigenvalue weighted by Crippen LogP contribution is -2.46. The number of amides is 2. The molecule has 2 rings (SSSR count). The summed E-state index contributed by atoms with van der Waals surface area (Å²) < 4.78 is 13.1. The second-order valence-electron chi connectivity index (χ2n) is 6.24. The second kappa shape index (κ2) is 7.38. The van der Waals surface area contributed by atoms with Gasteiger partial charge in [-0.15, -0.1) is 0 Å². The van der Waals surface area contributed by atoms with Gasteiger partial charge in [0.2, 0.25) is 5.91 Å². The van der Waals surface area contributed by atoms with Crippen LogP contribution >= 0.6 is 0 Å². The van der Waals surface area contributed by atoms with E-state index in [4.69, 9.17) is 0 Å². The first kappa shape index (κ1) is 16.5. The summed E-state index contributed by atoms with van der Waals surface area (Å²) in [6, 6.07) is 5.71. The Morgan fingerprint density at radius 1 is 1.32 bits per heavy atom. The van der Waals surface area contributed by atoms with Crippen molar-refractivity contribution in [2.24, 2.45) is 5.92 Å². The first-order valence-electron chi connectivity index (χ1n) is 7.80. The largest absolute Gasteiger partial charge is 0.349 e. The molecule has 0 aliphatic carbocycles. The van der Waals surface area contributed by atoms with Crippen LogP contribution in [0.5, 0.6) is 0 Å². The molecule has 120 valence electrons. The third-order valence-corrected chi connectivity index (χ3v) is 3.85. The van der Waals surface area contributed by atoms with E-state index in [2.05, 4.69) is 5.32 Å². The van der Waals surface area contributed by atoms with E-state index in [1.165, 1.54) is 18.2 Å². The molecular weight excluding hydrogens is 283 g/mol. The van der Waals surface area contributed by atoms with Crippen LogP contribution in [0.15, 0.2) is 24.3 Å². The van der Waals surface area contributed by atoms with E-state index in [1.54, 1.807) is 6.07 Å². The summed E-state index contributed by atoms with van der Waals surface area (Å²) in [5.74, 6) is -0.129. The average Bonchev–Trinajstić information content (AvgIpc) is 2.47. The third kappa shape index (κ3) is 4.55. The van der Waals surface area contributed by atoms with Gasteiger partial charge < -0.3 is 10.2 Å². The first-order chi connectivity index (χ1) is 10.5. The van der Waals surface area contributed by atoms with Crippen LogP contribution in [0.25, 0.3) is 0 Å². The Bertz CT molecular complexity index is 537. The monoisotopic (exact) mass is 306 g/mol. The molecule has 0 bridgehead atoms. The highest BCUT2D eigenvalue weighted by atomic mass is 19.1. The normalized spacial score (nSPS) is 15.9. The summed E-state index contributed by atoms with van der Waals surface area (Å²) in [6.07, 6.45) is 2.05. The van der Waals surface area contributed by atoms with Crippen LogP contribution < -0.4 is 5.32 Å². The molecule has 1 aromatic carbocycles. The molecule has 4 nitrogen and oxygen atoms in total. The Labute approximate surface area is 130 Å². The Kier molecular flexibility index (Phi) is 5.52. The molecule has 1 N–H and O–H groups in total. The fraction of sp³-hybridized carbons (Fsp3) is 0.529. The Balaban J connectivity index is 1.82. The minimum Gasteiger partial charge on any atom is -0.349 e. The van der Waals surface area contributed by atoms with Crippen molar-refractivity contribution in [2.75, 3.05) is 13.1 Å². The van der Waals surface area contributed by atoms with Gasteiger partial charge in [0.05, 0.1) is 0 Å². The van der Waals surface area contributed by atoms with Crippen LogP contribution in [0.1, 0.15) is 43.5 Å². The van der Waals surface area contributed by atoms with Gasteiger partial charge in [0.1, 0.15) is 5.82 Å². The van der Waals surface area contributed by atoms with E-state index in [0.717, 1.165) is 12.8 Å². The zero-order valence-electron chi connectivity index (χ0n) is 13.1. The molecule has 2 amide bonds. The van der Waals surface area contributed by atoms with E-state index in [1.807, 2.05) is 18.7 Å². The van der Waals surface area contributed by atoms with Crippen molar-refractivity contribution in [3.8, 4) is 0 Å². The summed E-state index contributed by atoms with van der Waals surface area (Å²) in [7, 11) is 0. The molecule has 0 atom stereocenters. The third-order valence-electron chi connectivity index (χ3n) is 3.85. The maximum Gasteiger partial charge on any atom is 0.251 e. The lowest BCUT2D eigenvalue weighted by atomic mass is 10.0. The van der Waals surface area contributed by atoms with Crippen LogP contribution in [0, 0.1) is 11.7 Å². The smallest absolute Gasteiger partial charge is 0.251 e. The van der Waals surface area contributed by atoms with Crippen molar-refractivity contribution in [1.29, 1.82) is 0 Å². The molecule has 1 aromatic rings. The van der Waals surface area contributed by atoms with Crippen molar-refractivity contribution >= 4 is 11.8 Å². The molecular formula is C17H23FN2O2. The van der Waals surface area contributed by atoms with Crippen molar-refractivity contribution in [2.45, 2.75) is 39.2 Å². The highest BCUT2D eigenvalue weighted by Crippen LogP contribution is 2.14. The number of hydrogen-bond acceptors (Lipinski definition) is 2. The molecule has 0 spiro atoms. The summed E-state index contributed by atoms with van der Waals surface area (Å²) >= 11 is 0. The van der Waals surface area contributed by atoms with Gasteiger partial charge in [-0.25, -0.2) is 4.39 Å². The number of benzene rings is 1. The molecule has 22 heavy (non-hydrogen) atoms. The summed E-state index contributed by atoms with van der Waals surface area (Å²) in [5, 5.41) is 2.92. The second-order valence-corrected chi connectivity index (χ2v) is 6.24. The highest BCUT2D eigenvalue weighted by Gasteiger charge is 2.24. The maximum absolute atomic E-state index is 13.1. The van der Waals surface area contributed by atoms with Gasteiger partial charge in [0.15, 0.2) is 0 Å². The van der Waals surface area contributed by atoms with Crippen LogP contribution in [0.4, 0.5) is 4.39 Å². The average molecular weight is 306 g/mol. The van der Waals surface area contributed by atoms with E-state index < -0.39 is 5.82 Å². The van der Waals surface area contributed by atoms with E-state index in [0.29, 0.717) is 31.0 Å². The van der Waals surface area contributed by atoms with Crippen molar-refractivity contribution in [3.05, 3.63) is 35.6 Å². The predicted molar refractivity (Wildman–Crippen MR) is 82.9 cm³/mol. The quantitative estimate of drug-likeness (QED) is 0.929. The standard InChI is InChI=1S/C17H23FN2O2/c1-12(2)10-16(21)20-8-6-15(7-9-20)19-17(22)13-4-3-5-14(18)11-13/h3-5,11-12,15H,6-10H2,1-2H3,(H,19,22). The van der Waals surface area contributed by atoms with Crippen LogP contribution in [-0.2, 0) is 4.79 Å². The van der Waals surface area contributed by atoms with E-state index in [-0.39, 0.29) is 17.9 Å². The van der Waals surface area contributed by atoms with Gasteiger partial charge in [0, 0.05) is 31.1 Å². The van der Waals surface area contributed by atoms with Gasteiger partial charge in [-0.1, -0.05) is 19.9 Å². The Morgan fingerprint density at radius 3 is 2.59 bits per heavy atom. The van der Waals surface area contributed by atoms with Crippen LogP contribution in [-0.4, -0.2) is 35.8 Å². The molecule has 0 saturated carbocycles. The van der Waals surface area contributed by atoms with Gasteiger partial charge in [-0.3, -0.25) is 9.59 Å². The van der Waals surface area contributed by atoms with E-state index in [9.17, 15) is 14.0 Å². The molecule has 1 heterocycles. The molecule has 0 aromatic heterocycles. The summed E-state index contributed by atoms with van der Waals surface area (Å²) in [5.41, 5.74) is 0.332. The molecule has 1 aliphatic heterocycles. The molecule has 5 heteroatoms. The van der Waals surface area contributed by atoms with E-state index >= 15 is 0 Å². The Morgan fingerprint density at radius 2 is 2.00 bits per heavy atom.